The van der Waals surface area contributed by atoms with E-state index in [-0.39, 0.29) is 6.04 Å². The van der Waals surface area contributed by atoms with Gasteiger partial charge in [-0.25, -0.2) is 0 Å². The molecule has 150 valence electrons. The van der Waals surface area contributed by atoms with Crippen LogP contribution < -0.4 is 5.32 Å². The van der Waals surface area contributed by atoms with Gasteiger partial charge >= 0.3 is 0 Å². The van der Waals surface area contributed by atoms with Gasteiger partial charge in [-0.3, -0.25) is 4.90 Å². The Hall–Kier alpha value is -2.94. The van der Waals surface area contributed by atoms with Crippen molar-refractivity contribution in [3.05, 3.63) is 108 Å². The first kappa shape index (κ1) is 19.0. The lowest BCUT2D eigenvalue weighted by molar-refractivity contribution is 0.241. The lowest BCUT2D eigenvalue weighted by atomic mass is 9.93. The zero-order chi connectivity index (χ0) is 20.2. The molecule has 0 bridgehead atoms. The molecule has 1 aliphatic heterocycles. The lowest BCUT2D eigenvalue weighted by Gasteiger charge is -2.31. The van der Waals surface area contributed by atoms with Gasteiger partial charge in [0.2, 0.25) is 0 Å². The van der Waals surface area contributed by atoms with Gasteiger partial charge in [0.25, 0.3) is 0 Å². The molecule has 1 atom stereocenters. The average molecular weight is 393 g/mol. The summed E-state index contributed by atoms with van der Waals surface area (Å²) in [6, 6.07) is 35.7. The van der Waals surface area contributed by atoms with Crippen molar-refractivity contribution in [2.75, 3.05) is 26.2 Å². The lowest BCUT2D eigenvalue weighted by Crippen LogP contribution is -2.33. The van der Waals surface area contributed by atoms with Crippen LogP contribution >= 0.6 is 0 Å². The van der Waals surface area contributed by atoms with Gasteiger partial charge in [0.1, 0.15) is 0 Å². The van der Waals surface area contributed by atoms with Crippen LogP contribution in [-0.2, 0) is 0 Å². The van der Waals surface area contributed by atoms with E-state index in [9.17, 15) is 0 Å². The second-order valence-electron chi connectivity index (χ2n) is 8.14. The number of benzene rings is 4. The number of rotatable bonds is 4. The maximum atomic E-state index is 3.55. The summed E-state index contributed by atoms with van der Waals surface area (Å²) in [6.45, 7) is 4.34. The Morgan fingerprint density at radius 2 is 1.30 bits per heavy atom. The van der Waals surface area contributed by atoms with Crippen molar-refractivity contribution < 1.29 is 0 Å². The van der Waals surface area contributed by atoms with Crippen LogP contribution in [0, 0.1) is 0 Å². The van der Waals surface area contributed by atoms with Crippen molar-refractivity contribution in [2.24, 2.45) is 0 Å². The number of nitrogens with one attached hydrogen (secondary N) is 1. The summed E-state index contributed by atoms with van der Waals surface area (Å²) in [6.07, 6.45) is 1.19. The van der Waals surface area contributed by atoms with E-state index in [1.807, 2.05) is 0 Å². The number of hydrogen-bond donors (Lipinski definition) is 1. The third-order valence-electron chi connectivity index (χ3n) is 6.16. The van der Waals surface area contributed by atoms with Gasteiger partial charge in [-0.15, -0.1) is 0 Å². The van der Waals surface area contributed by atoms with Crippen molar-refractivity contribution in [1.29, 1.82) is 0 Å². The smallest absolute Gasteiger partial charge is 0.0602 e. The summed E-state index contributed by atoms with van der Waals surface area (Å²) in [5.74, 6) is 0. The molecule has 1 N–H and O–H groups in total. The molecule has 1 unspecified atom stereocenters. The van der Waals surface area contributed by atoms with Gasteiger partial charge in [0, 0.05) is 19.6 Å². The van der Waals surface area contributed by atoms with Crippen LogP contribution in [-0.4, -0.2) is 31.1 Å². The predicted molar refractivity (Wildman–Crippen MR) is 127 cm³/mol. The highest BCUT2D eigenvalue weighted by Crippen LogP contribution is 2.32. The molecule has 1 saturated heterocycles. The van der Waals surface area contributed by atoms with E-state index < -0.39 is 0 Å². The van der Waals surface area contributed by atoms with Crippen molar-refractivity contribution in [2.45, 2.75) is 12.5 Å². The van der Waals surface area contributed by atoms with Gasteiger partial charge in [-0.1, -0.05) is 91.0 Å². The topological polar surface area (TPSA) is 15.3 Å². The minimum absolute atomic E-state index is 0.277. The molecule has 5 rings (SSSR count). The number of fused-ring (bicyclic) bond motifs is 1. The summed E-state index contributed by atoms with van der Waals surface area (Å²) in [4.78, 5) is 2.64. The molecule has 1 fully saturated rings. The van der Waals surface area contributed by atoms with Gasteiger partial charge in [0.15, 0.2) is 0 Å². The van der Waals surface area contributed by atoms with Crippen LogP contribution in [0.1, 0.15) is 23.6 Å². The Morgan fingerprint density at radius 1 is 0.600 bits per heavy atom. The molecule has 2 heteroatoms. The zero-order valence-corrected chi connectivity index (χ0v) is 17.3. The zero-order valence-electron chi connectivity index (χ0n) is 17.3. The summed E-state index contributed by atoms with van der Waals surface area (Å²) in [5.41, 5.74) is 5.29. The molecular formula is C28H28N2. The van der Waals surface area contributed by atoms with E-state index in [2.05, 4.69) is 107 Å². The molecule has 1 heterocycles. The summed E-state index contributed by atoms with van der Waals surface area (Å²) in [5, 5.41) is 6.17. The fourth-order valence-electron chi connectivity index (χ4n) is 4.61. The van der Waals surface area contributed by atoms with Crippen molar-refractivity contribution in [3.8, 4) is 11.1 Å². The number of hydrogen-bond acceptors (Lipinski definition) is 2. The van der Waals surface area contributed by atoms with Crippen LogP contribution in [0.3, 0.4) is 0 Å². The highest BCUT2D eigenvalue weighted by molar-refractivity contribution is 5.83. The monoisotopic (exact) mass is 392 g/mol. The average Bonchev–Trinajstić information content (AvgIpc) is 3.10. The van der Waals surface area contributed by atoms with E-state index in [1.165, 1.54) is 39.4 Å². The Labute approximate surface area is 179 Å². The summed E-state index contributed by atoms with van der Waals surface area (Å²) < 4.78 is 0. The molecule has 4 aromatic rings. The van der Waals surface area contributed by atoms with E-state index in [0.717, 1.165) is 26.2 Å². The van der Waals surface area contributed by atoms with E-state index in [0.29, 0.717) is 0 Å². The second-order valence-corrected chi connectivity index (χ2v) is 8.14. The molecular weight excluding hydrogens is 364 g/mol. The van der Waals surface area contributed by atoms with Crippen LogP contribution in [0.4, 0.5) is 0 Å². The standard InChI is InChI=1S/C28H28N2/c1-2-7-22(8-3-1)24-11-14-25(15-12-24)28(30-19-6-17-29-18-20-30)27-16-13-23-9-4-5-10-26(23)21-27/h1-5,7-16,21,28-29H,6,17-20H2. The molecule has 2 nitrogen and oxygen atoms in total. The Kier molecular flexibility index (Phi) is 5.60. The van der Waals surface area contributed by atoms with Crippen LogP contribution in [0.25, 0.3) is 21.9 Å². The Bertz CT molecular complexity index is 1090. The summed E-state index contributed by atoms with van der Waals surface area (Å²) >= 11 is 0. The van der Waals surface area contributed by atoms with Gasteiger partial charge in [0.05, 0.1) is 6.04 Å². The van der Waals surface area contributed by atoms with E-state index in [4.69, 9.17) is 0 Å². The first-order valence-corrected chi connectivity index (χ1v) is 11.0. The Morgan fingerprint density at radius 3 is 2.13 bits per heavy atom. The quantitative estimate of drug-likeness (QED) is 0.466. The van der Waals surface area contributed by atoms with Crippen molar-refractivity contribution in [1.82, 2.24) is 10.2 Å². The second kappa shape index (κ2) is 8.83. The summed E-state index contributed by atoms with van der Waals surface area (Å²) in [7, 11) is 0. The highest BCUT2D eigenvalue weighted by atomic mass is 15.2. The maximum absolute atomic E-state index is 3.55. The first-order chi connectivity index (χ1) is 14.9. The predicted octanol–water partition coefficient (Wildman–Crippen LogP) is 5.89. The highest BCUT2D eigenvalue weighted by Gasteiger charge is 2.23. The molecule has 4 aromatic carbocycles. The van der Waals surface area contributed by atoms with Gasteiger partial charge in [-0.05, 0) is 52.1 Å². The van der Waals surface area contributed by atoms with E-state index in [1.54, 1.807) is 0 Å². The molecule has 0 spiro atoms. The van der Waals surface area contributed by atoms with Crippen molar-refractivity contribution in [3.63, 3.8) is 0 Å². The van der Waals surface area contributed by atoms with Crippen LogP contribution in [0.5, 0.6) is 0 Å². The van der Waals surface area contributed by atoms with Crippen LogP contribution in [0.15, 0.2) is 97.1 Å². The van der Waals surface area contributed by atoms with Crippen LogP contribution in [0.2, 0.25) is 0 Å². The van der Waals surface area contributed by atoms with Gasteiger partial charge in [-0.2, -0.15) is 0 Å². The normalized spacial score (nSPS) is 16.3. The molecule has 0 radical (unpaired) electrons. The number of nitrogens with zero attached hydrogens (tertiary/aromatic N) is 1. The molecule has 0 saturated carbocycles. The first-order valence-electron chi connectivity index (χ1n) is 11.0. The molecule has 0 amide bonds. The van der Waals surface area contributed by atoms with Gasteiger partial charge < -0.3 is 5.32 Å². The minimum atomic E-state index is 0.277. The van der Waals surface area contributed by atoms with E-state index >= 15 is 0 Å². The molecule has 1 aliphatic rings. The molecule has 0 aliphatic carbocycles. The minimum Gasteiger partial charge on any atom is -0.315 e. The SMILES string of the molecule is c1ccc(-c2ccc(C(c3ccc4ccccc4c3)N3CCCNCC3)cc2)cc1. The fourth-order valence-corrected chi connectivity index (χ4v) is 4.61. The molecule has 0 aromatic heterocycles. The third-order valence-corrected chi connectivity index (χ3v) is 6.16. The maximum Gasteiger partial charge on any atom is 0.0602 e. The Balaban J connectivity index is 1.55. The fraction of sp³-hybridized carbons (Fsp3) is 0.214. The molecule has 30 heavy (non-hydrogen) atoms. The third kappa shape index (κ3) is 4.02. The van der Waals surface area contributed by atoms with Crippen molar-refractivity contribution >= 4 is 10.8 Å². The largest absolute Gasteiger partial charge is 0.315 e.